The molecule has 0 spiro atoms. The molecule has 6 heteroatoms. The molecule has 198 valence electrons. The van der Waals surface area contributed by atoms with Crippen molar-refractivity contribution in [2.24, 2.45) is 0 Å². The highest BCUT2D eigenvalue weighted by atomic mass is 16.5. The number of rotatable bonds is 9. The lowest BCUT2D eigenvalue weighted by Gasteiger charge is -2.34. The third-order valence-electron chi connectivity index (χ3n) is 7.48. The Labute approximate surface area is 222 Å². The lowest BCUT2D eigenvalue weighted by atomic mass is 10.0. The smallest absolute Gasteiger partial charge is 0.251 e. The predicted molar refractivity (Wildman–Crippen MR) is 150 cm³/mol. The van der Waals surface area contributed by atoms with Gasteiger partial charge < -0.3 is 20.3 Å². The fraction of sp³-hybridized carbons (Fsp3) is 0.452. The van der Waals surface area contributed by atoms with E-state index >= 15 is 0 Å². The molecule has 0 atom stereocenters. The molecule has 2 aromatic carbocycles. The van der Waals surface area contributed by atoms with Crippen molar-refractivity contribution >= 4 is 5.91 Å². The highest BCUT2D eigenvalue weighted by Crippen LogP contribution is 2.22. The maximum atomic E-state index is 13.0. The van der Waals surface area contributed by atoms with Crippen molar-refractivity contribution in [3.8, 4) is 5.75 Å². The van der Waals surface area contributed by atoms with E-state index in [1.165, 1.54) is 11.3 Å². The summed E-state index contributed by atoms with van der Waals surface area (Å²) in [5.41, 5.74) is 4.44. The molecule has 0 radical (unpaired) electrons. The summed E-state index contributed by atoms with van der Waals surface area (Å²) in [6, 6.07) is 18.5. The first-order valence-electron chi connectivity index (χ1n) is 13.6. The van der Waals surface area contributed by atoms with Crippen LogP contribution in [0.2, 0.25) is 0 Å². The number of hydrogen-bond donors (Lipinski definition) is 2. The number of allylic oxidation sites excluding steroid dienone is 4. The fourth-order valence-corrected chi connectivity index (χ4v) is 5.01. The number of likely N-dealkylation sites (tertiary alicyclic amines) is 2. The van der Waals surface area contributed by atoms with E-state index in [9.17, 15) is 4.79 Å². The molecule has 2 N–H and O–H groups in total. The maximum Gasteiger partial charge on any atom is 0.251 e. The Hall–Kier alpha value is -3.25. The van der Waals surface area contributed by atoms with Gasteiger partial charge in [-0.25, -0.2) is 0 Å². The van der Waals surface area contributed by atoms with E-state index in [0.717, 1.165) is 69.9 Å². The molecule has 0 unspecified atom stereocenters. The first-order chi connectivity index (χ1) is 18.0. The molecular formula is C31H42N4O2. The number of amides is 1. The van der Waals surface area contributed by atoms with Crippen LogP contribution in [0.25, 0.3) is 0 Å². The molecule has 2 aromatic rings. The second-order valence-electron chi connectivity index (χ2n) is 10.2. The van der Waals surface area contributed by atoms with E-state index in [-0.39, 0.29) is 18.1 Å². The summed E-state index contributed by atoms with van der Waals surface area (Å²) in [5.74, 6) is 0.774. The predicted octanol–water partition coefficient (Wildman–Crippen LogP) is 4.95. The molecule has 37 heavy (non-hydrogen) atoms. The number of nitrogens with zero attached hydrogens (tertiary/aromatic N) is 2. The average molecular weight is 503 g/mol. The molecule has 2 heterocycles. The van der Waals surface area contributed by atoms with Crippen molar-refractivity contribution in [2.45, 2.75) is 58.2 Å². The van der Waals surface area contributed by atoms with Gasteiger partial charge >= 0.3 is 0 Å². The minimum absolute atomic E-state index is 0.00698. The number of carbonyl (C=O) groups excluding carboxylic acids is 1. The van der Waals surface area contributed by atoms with E-state index < -0.39 is 0 Å². The number of ether oxygens (including phenoxy) is 1. The van der Waals surface area contributed by atoms with Crippen molar-refractivity contribution in [2.75, 3.05) is 33.2 Å². The summed E-state index contributed by atoms with van der Waals surface area (Å²) in [5, 5.41) is 6.40. The van der Waals surface area contributed by atoms with E-state index in [1.807, 2.05) is 31.3 Å². The molecule has 2 aliphatic heterocycles. The van der Waals surface area contributed by atoms with E-state index in [1.54, 1.807) is 0 Å². The Morgan fingerprint density at radius 3 is 2.38 bits per heavy atom. The van der Waals surface area contributed by atoms with Gasteiger partial charge in [0.15, 0.2) is 0 Å². The Balaban J connectivity index is 1.22. The number of benzene rings is 2. The van der Waals surface area contributed by atoms with Gasteiger partial charge in [0.05, 0.1) is 0 Å². The van der Waals surface area contributed by atoms with Gasteiger partial charge in [-0.05, 0) is 62.6 Å². The molecule has 6 nitrogen and oxygen atoms in total. The van der Waals surface area contributed by atoms with E-state index in [0.29, 0.717) is 5.56 Å². The largest absolute Gasteiger partial charge is 0.490 e. The van der Waals surface area contributed by atoms with Gasteiger partial charge in [-0.2, -0.15) is 0 Å². The molecule has 0 saturated carbocycles. The van der Waals surface area contributed by atoms with Crippen LogP contribution in [0, 0.1) is 0 Å². The van der Waals surface area contributed by atoms with Crippen molar-refractivity contribution in [3.05, 3.63) is 89.3 Å². The topological polar surface area (TPSA) is 56.8 Å². The van der Waals surface area contributed by atoms with Crippen LogP contribution in [0.15, 0.2) is 78.1 Å². The summed E-state index contributed by atoms with van der Waals surface area (Å²) >= 11 is 0. The lowest BCUT2D eigenvalue weighted by molar-refractivity contribution is 0.0906. The van der Waals surface area contributed by atoms with Crippen LogP contribution in [0.3, 0.4) is 0 Å². The minimum Gasteiger partial charge on any atom is -0.490 e. The van der Waals surface area contributed by atoms with Gasteiger partial charge in [-0.3, -0.25) is 9.69 Å². The van der Waals surface area contributed by atoms with Crippen molar-refractivity contribution in [3.63, 3.8) is 0 Å². The Morgan fingerprint density at radius 1 is 0.946 bits per heavy atom. The highest BCUT2D eigenvalue weighted by Gasteiger charge is 2.23. The molecule has 2 saturated heterocycles. The van der Waals surface area contributed by atoms with Crippen LogP contribution in [0.5, 0.6) is 5.75 Å². The first kappa shape index (κ1) is 26.8. The van der Waals surface area contributed by atoms with Crippen LogP contribution >= 0.6 is 0 Å². The Bertz CT molecular complexity index is 1070. The van der Waals surface area contributed by atoms with Gasteiger partial charge in [0.2, 0.25) is 0 Å². The molecule has 2 aliphatic rings. The fourth-order valence-electron chi connectivity index (χ4n) is 5.01. The monoisotopic (exact) mass is 502 g/mol. The van der Waals surface area contributed by atoms with Gasteiger partial charge in [-0.1, -0.05) is 36.4 Å². The second kappa shape index (κ2) is 13.3. The Morgan fingerprint density at radius 2 is 1.68 bits per heavy atom. The summed E-state index contributed by atoms with van der Waals surface area (Å²) in [4.78, 5) is 17.9. The molecular weight excluding hydrogens is 460 g/mol. The van der Waals surface area contributed by atoms with Gasteiger partial charge in [0.25, 0.3) is 5.91 Å². The Kier molecular flexibility index (Phi) is 9.66. The van der Waals surface area contributed by atoms with Crippen LogP contribution in [0.4, 0.5) is 0 Å². The third kappa shape index (κ3) is 8.12. The lowest BCUT2D eigenvalue weighted by Crippen LogP contribution is -2.44. The summed E-state index contributed by atoms with van der Waals surface area (Å²) in [7, 11) is 1.94. The van der Waals surface area contributed by atoms with E-state index in [4.69, 9.17) is 4.74 Å². The zero-order chi connectivity index (χ0) is 26.0. The van der Waals surface area contributed by atoms with Gasteiger partial charge in [0.1, 0.15) is 11.9 Å². The molecule has 2 fully saturated rings. The number of piperidine rings is 2. The van der Waals surface area contributed by atoms with Crippen LogP contribution in [-0.2, 0) is 6.54 Å². The SMILES string of the molecule is CN/C(C)=C/C=C(\C)N1CCC(Oc2cccc(C(=O)NC3CCN(Cc4ccccc4)CC3)c2)CC1. The second-order valence-corrected chi connectivity index (χ2v) is 10.2. The highest BCUT2D eigenvalue weighted by molar-refractivity contribution is 5.94. The summed E-state index contributed by atoms with van der Waals surface area (Å²) in [6.45, 7) is 9.15. The standard InChI is InChI=1S/C31H42N4O2/c1-24(32-3)12-13-25(2)35-20-16-29(17-21-35)37-30-11-7-10-27(22-30)31(36)33-28-14-18-34(19-15-28)23-26-8-5-4-6-9-26/h4-13,22,28-29,32H,14-21,23H2,1-3H3,(H,33,36)/b24-12+,25-13+. The van der Waals surface area contributed by atoms with Crippen LogP contribution in [0.1, 0.15) is 55.5 Å². The number of hydrogen-bond acceptors (Lipinski definition) is 5. The molecule has 0 aromatic heterocycles. The molecule has 4 rings (SSSR count). The normalized spacial score (nSPS) is 18.5. The summed E-state index contributed by atoms with van der Waals surface area (Å²) < 4.78 is 6.30. The first-order valence-corrected chi connectivity index (χ1v) is 13.6. The average Bonchev–Trinajstić information content (AvgIpc) is 2.93. The zero-order valence-electron chi connectivity index (χ0n) is 22.6. The summed E-state index contributed by atoms with van der Waals surface area (Å²) in [6.07, 6.45) is 8.35. The molecule has 0 bridgehead atoms. The van der Waals surface area contributed by atoms with Crippen LogP contribution < -0.4 is 15.4 Å². The van der Waals surface area contributed by atoms with Crippen molar-refractivity contribution in [1.82, 2.24) is 20.4 Å². The van der Waals surface area contributed by atoms with Gasteiger partial charge in [-0.15, -0.1) is 0 Å². The quantitative estimate of drug-likeness (QED) is 0.475. The van der Waals surface area contributed by atoms with Gasteiger partial charge in [0, 0.05) is 75.6 Å². The maximum absolute atomic E-state index is 13.0. The van der Waals surface area contributed by atoms with Crippen LogP contribution in [-0.4, -0.2) is 61.1 Å². The zero-order valence-corrected chi connectivity index (χ0v) is 22.6. The van der Waals surface area contributed by atoms with Crippen molar-refractivity contribution in [1.29, 1.82) is 0 Å². The van der Waals surface area contributed by atoms with E-state index in [2.05, 4.69) is 76.8 Å². The number of nitrogens with one attached hydrogen (secondary N) is 2. The minimum atomic E-state index is -0.00698. The third-order valence-corrected chi connectivity index (χ3v) is 7.48. The van der Waals surface area contributed by atoms with Crippen molar-refractivity contribution < 1.29 is 9.53 Å². The molecule has 1 amide bonds. The number of carbonyl (C=O) groups is 1. The molecule has 0 aliphatic carbocycles.